The SMILES string of the molecule is COc1ccc(C(OC[C@@H]2C[C@@H](O)[C@H](n3ccc(=O)[nH]c3=O)O2)(c2ccccc2)c2ccc(OC)cc2)cc1. The van der Waals surface area contributed by atoms with Gasteiger partial charge in [0.1, 0.15) is 23.2 Å². The highest BCUT2D eigenvalue weighted by atomic mass is 16.6. The molecule has 9 nitrogen and oxygen atoms in total. The van der Waals surface area contributed by atoms with Gasteiger partial charge in [-0.15, -0.1) is 0 Å². The summed E-state index contributed by atoms with van der Waals surface area (Å²) in [5, 5.41) is 10.7. The summed E-state index contributed by atoms with van der Waals surface area (Å²) in [6.07, 6.45) is -0.872. The van der Waals surface area contributed by atoms with E-state index in [0.29, 0.717) is 11.5 Å². The highest BCUT2D eigenvalue weighted by molar-refractivity contribution is 5.49. The molecule has 9 heteroatoms. The second-order valence-corrected chi connectivity index (χ2v) is 9.28. The number of rotatable bonds is 9. The predicted octanol–water partition coefficient (Wildman–Crippen LogP) is 3.21. The third-order valence-corrected chi connectivity index (χ3v) is 6.95. The Balaban J connectivity index is 1.53. The van der Waals surface area contributed by atoms with E-state index in [1.807, 2.05) is 78.9 Å². The van der Waals surface area contributed by atoms with Crippen molar-refractivity contribution in [2.24, 2.45) is 0 Å². The predicted molar refractivity (Wildman–Crippen MR) is 144 cm³/mol. The number of hydrogen-bond donors (Lipinski definition) is 2. The number of H-pyrrole nitrogens is 1. The van der Waals surface area contributed by atoms with Gasteiger partial charge in [-0.3, -0.25) is 14.3 Å². The molecule has 0 amide bonds. The Bertz CT molecular complexity index is 1450. The van der Waals surface area contributed by atoms with Crippen LogP contribution in [0.1, 0.15) is 29.3 Å². The van der Waals surface area contributed by atoms with E-state index in [4.69, 9.17) is 18.9 Å². The van der Waals surface area contributed by atoms with Gasteiger partial charge in [0.15, 0.2) is 6.23 Å². The van der Waals surface area contributed by atoms with Crippen molar-refractivity contribution in [1.29, 1.82) is 0 Å². The van der Waals surface area contributed by atoms with Crippen molar-refractivity contribution < 1.29 is 24.1 Å². The molecular weight excluding hydrogens is 500 g/mol. The maximum Gasteiger partial charge on any atom is 0.330 e. The van der Waals surface area contributed by atoms with Gasteiger partial charge in [0.05, 0.1) is 26.9 Å². The molecule has 0 bridgehead atoms. The van der Waals surface area contributed by atoms with Gasteiger partial charge < -0.3 is 24.1 Å². The molecule has 1 saturated heterocycles. The molecule has 4 aromatic rings. The van der Waals surface area contributed by atoms with Crippen LogP contribution in [0.3, 0.4) is 0 Å². The molecule has 2 N–H and O–H groups in total. The van der Waals surface area contributed by atoms with Crippen LogP contribution < -0.4 is 20.7 Å². The number of methoxy groups -OCH3 is 2. The highest BCUT2D eigenvalue weighted by Crippen LogP contribution is 2.42. The minimum absolute atomic E-state index is 0.110. The average molecular weight is 531 g/mol. The van der Waals surface area contributed by atoms with Crippen LogP contribution in [-0.4, -0.2) is 47.7 Å². The van der Waals surface area contributed by atoms with Crippen LogP contribution in [0.25, 0.3) is 0 Å². The number of aromatic amines is 1. The molecule has 3 aromatic carbocycles. The number of ether oxygens (including phenoxy) is 4. The summed E-state index contributed by atoms with van der Waals surface area (Å²) in [4.78, 5) is 26.0. The van der Waals surface area contributed by atoms with Gasteiger partial charge in [0.2, 0.25) is 0 Å². The zero-order valence-corrected chi connectivity index (χ0v) is 21.7. The molecule has 0 unspecified atom stereocenters. The van der Waals surface area contributed by atoms with Crippen LogP contribution in [0.2, 0.25) is 0 Å². The number of aromatic nitrogens is 2. The Kier molecular flexibility index (Phi) is 7.65. The molecule has 1 aliphatic rings. The van der Waals surface area contributed by atoms with E-state index in [1.54, 1.807) is 14.2 Å². The van der Waals surface area contributed by atoms with E-state index in [-0.39, 0.29) is 13.0 Å². The molecule has 0 saturated carbocycles. The third kappa shape index (κ3) is 5.24. The minimum Gasteiger partial charge on any atom is -0.497 e. The molecule has 1 aromatic heterocycles. The summed E-state index contributed by atoms with van der Waals surface area (Å²) in [7, 11) is 3.23. The zero-order valence-electron chi connectivity index (χ0n) is 21.7. The van der Waals surface area contributed by atoms with Gasteiger partial charge in [0.25, 0.3) is 5.56 Å². The number of aliphatic hydroxyl groups is 1. The first-order valence-corrected chi connectivity index (χ1v) is 12.6. The quantitative estimate of drug-likeness (QED) is 0.320. The van der Waals surface area contributed by atoms with Crippen LogP contribution >= 0.6 is 0 Å². The maximum atomic E-state index is 12.3. The van der Waals surface area contributed by atoms with Gasteiger partial charge in [-0.05, 0) is 41.0 Å². The Labute approximate surface area is 225 Å². The molecule has 39 heavy (non-hydrogen) atoms. The lowest BCUT2D eigenvalue weighted by molar-refractivity contribution is -0.0875. The largest absolute Gasteiger partial charge is 0.497 e. The van der Waals surface area contributed by atoms with E-state index in [2.05, 4.69) is 4.98 Å². The van der Waals surface area contributed by atoms with Crippen LogP contribution in [0, 0.1) is 0 Å². The Morgan fingerprint density at radius 3 is 1.97 bits per heavy atom. The standard InChI is InChI=1S/C30H30N2O7/c1-36-23-12-8-21(9-13-23)30(20-6-4-3-5-7-20,22-10-14-24(37-2)15-11-22)38-19-25-18-26(33)28(39-25)32-17-16-27(34)31-29(32)35/h3-17,25-26,28,33H,18-19H2,1-2H3,(H,31,34,35)/t25-,26+,28+/m0/s1. The molecule has 5 rings (SSSR count). The number of hydrogen-bond acceptors (Lipinski definition) is 7. The van der Waals surface area contributed by atoms with E-state index in [0.717, 1.165) is 16.7 Å². The van der Waals surface area contributed by atoms with Crippen molar-refractivity contribution in [2.45, 2.75) is 30.5 Å². The zero-order chi connectivity index (χ0) is 27.4. The fourth-order valence-corrected chi connectivity index (χ4v) is 5.01. The molecule has 0 aliphatic carbocycles. The second kappa shape index (κ2) is 11.3. The smallest absolute Gasteiger partial charge is 0.330 e. The Morgan fingerprint density at radius 2 is 1.44 bits per heavy atom. The summed E-state index contributed by atoms with van der Waals surface area (Å²) in [6.45, 7) is 0.110. The van der Waals surface area contributed by atoms with E-state index in [1.165, 1.54) is 16.8 Å². The average Bonchev–Trinajstić information content (AvgIpc) is 3.34. The first-order chi connectivity index (χ1) is 18.9. The van der Waals surface area contributed by atoms with Gasteiger partial charge in [-0.2, -0.15) is 0 Å². The number of nitrogens with one attached hydrogen (secondary N) is 1. The molecule has 3 atom stereocenters. The lowest BCUT2D eigenvalue weighted by Gasteiger charge is -2.37. The van der Waals surface area contributed by atoms with E-state index >= 15 is 0 Å². The van der Waals surface area contributed by atoms with Gasteiger partial charge in [0, 0.05) is 18.7 Å². The van der Waals surface area contributed by atoms with E-state index < -0.39 is 35.3 Å². The summed E-state index contributed by atoms with van der Waals surface area (Å²) in [6, 6.07) is 26.4. The topological polar surface area (TPSA) is 112 Å². The van der Waals surface area contributed by atoms with Gasteiger partial charge >= 0.3 is 5.69 Å². The van der Waals surface area contributed by atoms with Crippen LogP contribution in [0.15, 0.2) is 101 Å². The Morgan fingerprint density at radius 1 is 0.872 bits per heavy atom. The Hall–Kier alpha value is -4.18. The lowest BCUT2D eigenvalue weighted by Crippen LogP contribution is -2.36. The molecular formula is C30H30N2O7. The third-order valence-electron chi connectivity index (χ3n) is 6.95. The van der Waals surface area contributed by atoms with Gasteiger partial charge in [-0.1, -0.05) is 54.6 Å². The molecule has 0 radical (unpaired) electrons. The molecule has 202 valence electrons. The molecule has 0 spiro atoms. The van der Waals surface area contributed by atoms with Crippen LogP contribution in [0.4, 0.5) is 0 Å². The summed E-state index contributed by atoms with van der Waals surface area (Å²) in [5.74, 6) is 1.43. The fourth-order valence-electron chi connectivity index (χ4n) is 5.01. The normalized spacial score (nSPS) is 19.1. The second-order valence-electron chi connectivity index (χ2n) is 9.28. The number of aliphatic hydroxyl groups excluding tert-OH is 1. The first-order valence-electron chi connectivity index (χ1n) is 12.6. The van der Waals surface area contributed by atoms with Crippen molar-refractivity contribution >= 4 is 0 Å². The van der Waals surface area contributed by atoms with Crippen molar-refractivity contribution in [3.8, 4) is 11.5 Å². The molecule has 2 heterocycles. The molecule has 1 aliphatic heterocycles. The van der Waals surface area contributed by atoms with E-state index in [9.17, 15) is 14.7 Å². The number of nitrogens with zero attached hydrogens (tertiary/aromatic N) is 1. The van der Waals surface area contributed by atoms with Crippen molar-refractivity contribution in [2.75, 3.05) is 20.8 Å². The minimum atomic E-state index is -1.04. The van der Waals surface area contributed by atoms with Crippen molar-refractivity contribution in [3.05, 3.63) is 129 Å². The molecule has 1 fully saturated rings. The lowest BCUT2D eigenvalue weighted by atomic mass is 9.80. The summed E-state index contributed by atoms with van der Waals surface area (Å²) < 4.78 is 24.9. The van der Waals surface area contributed by atoms with Crippen molar-refractivity contribution in [3.63, 3.8) is 0 Å². The monoisotopic (exact) mass is 530 g/mol. The summed E-state index contributed by atoms with van der Waals surface area (Å²) in [5.41, 5.74) is 0.421. The fraction of sp³-hybridized carbons (Fsp3) is 0.267. The first kappa shape index (κ1) is 26.4. The van der Waals surface area contributed by atoms with Crippen molar-refractivity contribution in [1.82, 2.24) is 9.55 Å². The van der Waals surface area contributed by atoms with Crippen LogP contribution in [-0.2, 0) is 15.1 Å². The van der Waals surface area contributed by atoms with Gasteiger partial charge in [-0.25, -0.2) is 4.79 Å². The van der Waals surface area contributed by atoms with Crippen LogP contribution in [0.5, 0.6) is 11.5 Å². The summed E-state index contributed by atoms with van der Waals surface area (Å²) >= 11 is 0. The number of benzene rings is 3. The maximum absolute atomic E-state index is 12.3. The highest BCUT2D eigenvalue weighted by Gasteiger charge is 2.41.